The quantitative estimate of drug-likeness (QED) is 0.765. The SMILES string of the molecule is O=C(NCC(=O)N1CCc2ccc(C(=O)O)cc2C1)NC1CCCCC1. The van der Waals surface area contributed by atoms with Crippen molar-refractivity contribution in [3.63, 3.8) is 0 Å². The van der Waals surface area contributed by atoms with Gasteiger partial charge in [-0.15, -0.1) is 0 Å². The van der Waals surface area contributed by atoms with Gasteiger partial charge in [-0.2, -0.15) is 0 Å². The summed E-state index contributed by atoms with van der Waals surface area (Å²) in [6.07, 6.45) is 6.17. The number of hydrogen-bond acceptors (Lipinski definition) is 3. The molecule has 1 heterocycles. The molecule has 1 saturated carbocycles. The van der Waals surface area contributed by atoms with Crippen LogP contribution in [0.4, 0.5) is 4.79 Å². The maximum atomic E-state index is 12.4. The van der Waals surface area contributed by atoms with Crippen LogP contribution >= 0.6 is 0 Å². The molecule has 0 saturated heterocycles. The molecule has 26 heavy (non-hydrogen) atoms. The summed E-state index contributed by atoms with van der Waals surface area (Å²) in [4.78, 5) is 37.1. The van der Waals surface area contributed by atoms with Gasteiger partial charge in [0.2, 0.25) is 5.91 Å². The third-order valence-electron chi connectivity index (χ3n) is 5.16. The van der Waals surface area contributed by atoms with Crippen LogP contribution in [-0.4, -0.2) is 47.0 Å². The predicted molar refractivity (Wildman–Crippen MR) is 95.9 cm³/mol. The van der Waals surface area contributed by atoms with Crippen molar-refractivity contribution >= 4 is 17.9 Å². The van der Waals surface area contributed by atoms with Crippen LogP contribution in [0, 0.1) is 0 Å². The molecule has 7 nitrogen and oxygen atoms in total. The number of nitrogens with one attached hydrogen (secondary N) is 2. The van der Waals surface area contributed by atoms with Gasteiger partial charge in [0.15, 0.2) is 0 Å². The molecular formula is C19H25N3O4. The standard InChI is InChI=1S/C19H25N3O4/c23-17(11-20-19(26)21-16-4-2-1-3-5-16)22-9-8-13-6-7-14(18(24)25)10-15(13)12-22/h6-7,10,16H,1-5,8-9,11-12H2,(H,24,25)(H2,20,21,26). The Kier molecular flexibility index (Phi) is 5.75. The van der Waals surface area contributed by atoms with Gasteiger partial charge in [0.25, 0.3) is 0 Å². The summed E-state index contributed by atoms with van der Waals surface area (Å²) in [5.74, 6) is -1.13. The second kappa shape index (κ2) is 8.21. The molecule has 3 rings (SSSR count). The van der Waals surface area contributed by atoms with Gasteiger partial charge >= 0.3 is 12.0 Å². The normalized spacial score (nSPS) is 17.3. The molecule has 1 aromatic rings. The summed E-state index contributed by atoms with van der Waals surface area (Å²) in [7, 11) is 0. The van der Waals surface area contributed by atoms with Crippen molar-refractivity contribution in [3.05, 3.63) is 34.9 Å². The number of carbonyl (C=O) groups excluding carboxylic acids is 2. The second-order valence-electron chi connectivity index (χ2n) is 7.02. The van der Waals surface area contributed by atoms with Gasteiger partial charge in [0, 0.05) is 19.1 Å². The Balaban J connectivity index is 1.50. The number of benzene rings is 1. The van der Waals surface area contributed by atoms with Crippen LogP contribution < -0.4 is 10.6 Å². The molecule has 0 bridgehead atoms. The molecular weight excluding hydrogens is 334 g/mol. The van der Waals surface area contributed by atoms with Gasteiger partial charge in [-0.05, 0) is 42.5 Å². The van der Waals surface area contributed by atoms with E-state index in [0.29, 0.717) is 19.5 Å². The average molecular weight is 359 g/mol. The minimum atomic E-state index is -0.975. The topological polar surface area (TPSA) is 98.7 Å². The van der Waals surface area contributed by atoms with Crippen molar-refractivity contribution in [1.29, 1.82) is 0 Å². The molecule has 1 fully saturated rings. The van der Waals surface area contributed by atoms with Crippen molar-refractivity contribution in [2.24, 2.45) is 0 Å². The van der Waals surface area contributed by atoms with E-state index in [4.69, 9.17) is 5.11 Å². The van der Waals surface area contributed by atoms with Crippen LogP contribution in [0.2, 0.25) is 0 Å². The molecule has 1 aliphatic carbocycles. The molecule has 0 atom stereocenters. The van der Waals surface area contributed by atoms with Crippen molar-refractivity contribution in [2.45, 2.75) is 51.1 Å². The summed E-state index contributed by atoms with van der Waals surface area (Å²) in [6.45, 7) is 0.901. The highest BCUT2D eigenvalue weighted by Crippen LogP contribution is 2.20. The molecule has 0 spiro atoms. The van der Waals surface area contributed by atoms with E-state index in [0.717, 1.165) is 36.8 Å². The molecule has 2 aliphatic rings. The first-order valence-electron chi connectivity index (χ1n) is 9.20. The van der Waals surface area contributed by atoms with Crippen LogP contribution in [0.25, 0.3) is 0 Å². The number of nitrogens with zero attached hydrogens (tertiary/aromatic N) is 1. The molecule has 3 N–H and O–H groups in total. The zero-order valence-corrected chi connectivity index (χ0v) is 14.8. The van der Waals surface area contributed by atoms with Crippen LogP contribution in [0.15, 0.2) is 18.2 Å². The zero-order valence-electron chi connectivity index (χ0n) is 14.8. The minimum Gasteiger partial charge on any atom is -0.478 e. The summed E-state index contributed by atoms with van der Waals surface area (Å²) in [5, 5.41) is 14.7. The number of carboxylic acids is 1. The van der Waals surface area contributed by atoms with Crippen molar-refractivity contribution in [1.82, 2.24) is 15.5 Å². The second-order valence-corrected chi connectivity index (χ2v) is 7.02. The number of urea groups is 1. The maximum Gasteiger partial charge on any atom is 0.335 e. The Hall–Kier alpha value is -2.57. The van der Waals surface area contributed by atoms with Crippen molar-refractivity contribution in [2.75, 3.05) is 13.1 Å². The first kappa shape index (κ1) is 18.2. The first-order chi connectivity index (χ1) is 12.5. The molecule has 7 heteroatoms. The Bertz CT molecular complexity index is 698. The molecule has 3 amide bonds. The number of rotatable bonds is 4. The number of amides is 3. The van der Waals surface area contributed by atoms with E-state index in [2.05, 4.69) is 10.6 Å². The van der Waals surface area contributed by atoms with Gasteiger partial charge in [0.1, 0.15) is 0 Å². The lowest BCUT2D eigenvalue weighted by Gasteiger charge is -2.29. The van der Waals surface area contributed by atoms with E-state index in [1.165, 1.54) is 6.42 Å². The van der Waals surface area contributed by atoms with Gasteiger partial charge in [0.05, 0.1) is 12.1 Å². The number of carbonyl (C=O) groups is 3. The van der Waals surface area contributed by atoms with Crippen LogP contribution in [0.5, 0.6) is 0 Å². The van der Waals surface area contributed by atoms with E-state index in [1.807, 2.05) is 6.07 Å². The van der Waals surface area contributed by atoms with Gasteiger partial charge < -0.3 is 20.6 Å². The third kappa shape index (κ3) is 4.53. The van der Waals surface area contributed by atoms with Gasteiger partial charge in [-0.25, -0.2) is 9.59 Å². The van der Waals surface area contributed by atoms with Crippen LogP contribution in [0.3, 0.4) is 0 Å². The fourth-order valence-corrected chi connectivity index (χ4v) is 3.65. The summed E-state index contributed by atoms with van der Waals surface area (Å²) in [6, 6.07) is 4.94. The van der Waals surface area contributed by atoms with E-state index in [1.54, 1.807) is 17.0 Å². The maximum absolute atomic E-state index is 12.4. The van der Waals surface area contributed by atoms with Gasteiger partial charge in [-0.3, -0.25) is 4.79 Å². The number of fused-ring (bicyclic) bond motifs is 1. The fourth-order valence-electron chi connectivity index (χ4n) is 3.65. The molecule has 0 aromatic heterocycles. The highest BCUT2D eigenvalue weighted by atomic mass is 16.4. The number of aromatic carboxylic acids is 1. The first-order valence-corrected chi connectivity index (χ1v) is 9.20. The highest BCUT2D eigenvalue weighted by molar-refractivity contribution is 5.88. The van der Waals surface area contributed by atoms with E-state index >= 15 is 0 Å². The summed E-state index contributed by atoms with van der Waals surface area (Å²) < 4.78 is 0. The Labute approximate surface area is 152 Å². The Morgan fingerprint density at radius 3 is 2.62 bits per heavy atom. The zero-order chi connectivity index (χ0) is 18.5. The highest BCUT2D eigenvalue weighted by Gasteiger charge is 2.22. The average Bonchev–Trinajstić information content (AvgIpc) is 2.66. The minimum absolute atomic E-state index is 0.0491. The lowest BCUT2D eigenvalue weighted by Crippen LogP contribution is -2.47. The van der Waals surface area contributed by atoms with Crippen molar-refractivity contribution < 1.29 is 19.5 Å². The molecule has 140 valence electrons. The lowest BCUT2D eigenvalue weighted by molar-refractivity contribution is -0.131. The third-order valence-corrected chi connectivity index (χ3v) is 5.16. The van der Waals surface area contributed by atoms with E-state index < -0.39 is 5.97 Å². The van der Waals surface area contributed by atoms with E-state index in [-0.39, 0.29) is 30.1 Å². The smallest absolute Gasteiger partial charge is 0.335 e. The number of hydrogen-bond donors (Lipinski definition) is 3. The van der Waals surface area contributed by atoms with Crippen LogP contribution in [0.1, 0.15) is 53.6 Å². The summed E-state index contributed by atoms with van der Waals surface area (Å²) >= 11 is 0. The van der Waals surface area contributed by atoms with Crippen molar-refractivity contribution in [3.8, 4) is 0 Å². The largest absolute Gasteiger partial charge is 0.478 e. The predicted octanol–water partition coefficient (Wildman–Crippen LogP) is 1.90. The molecule has 1 aliphatic heterocycles. The Morgan fingerprint density at radius 2 is 1.88 bits per heavy atom. The van der Waals surface area contributed by atoms with Gasteiger partial charge in [-0.1, -0.05) is 25.3 Å². The number of carboxylic acid groups (broad SMARTS) is 1. The Morgan fingerprint density at radius 1 is 1.12 bits per heavy atom. The lowest BCUT2D eigenvalue weighted by atomic mass is 9.96. The molecule has 0 unspecified atom stereocenters. The fraction of sp³-hybridized carbons (Fsp3) is 0.526. The summed E-state index contributed by atoms with van der Waals surface area (Å²) in [5.41, 5.74) is 2.15. The molecule has 0 radical (unpaired) electrons. The monoisotopic (exact) mass is 359 g/mol. The van der Waals surface area contributed by atoms with Crippen LogP contribution in [-0.2, 0) is 17.8 Å². The van der Waals surface area contributed by atoms with E-state index in [9.17, 15) is 14.4 Å². The molecule has 1 aromatic carbocycles.